The van der Waals surface area contributed by atoms with Crippen LogP contribution in [0, 0.1) is 13.8 Å². The molecule has 0 aliphatic heterocycles. The summed E-state index contributed by atoms with van der Waals surface area (Å²) < 4.78 is 0. The predicted octanol–water partition coefficient (Wildman–Crippen LogP) is 4.36. The molecule has 0 aromatic heterocycles. The zero-order valence-corrected chi connectivity index (χ0v) is 15.4. The first-order valence-corrected chi connectivity index (χ1v) is 8.27. The molecule has 1 unspecified atom stereocenters. The molecule has 0 aliphatic carbocycles. The van der Waals surface area contributed by atoms with Crippen molar-refractivity contribution < 1.29 is 4.79 Å². The van der Waals surface area contributed by atoms with Crippen LogP contribution in [-0.2, 0) is 5.41 Å². The van der Waals surface area contributed by atoms with Crippen molar-refractivity contribution in [2.45, 2.75) is 40.0 Å². The molecular weight excluding hydrogens is 282 g/mol. The smallest absolute Gasteiger partial charge is 0.186 e. The van der Waals surface area contributed by atoms with E-state index < -0.39 is 0 Å². The molecule has 0 aliphatic rings. The van der Waals surface area contributed by atoms with Gasteiger partial charge in [-0.2, -0.15) is 0 Å². The SMILES string of the molecule is Cc1cc(C(C)(C)C)cc(C)c1C(=O)Pc1ccccc1.[Li]. The molecule has 1 radical (unpaired) electrons. The molecule has 0 spiro atoms. The summed E-state index contributed by atoms with van der Waals surface area (Å²) in [6.45, 7) is 10.7. The third kappa shape index (κ3) is 4.56. The summed E-state index contributed by atoms with van der Waals surface area (Å²) in [7, 11) is 0.193. The van der Waals surface area contributed by atoms with Crippen molar-refractivity contribution in [1.82, 2.24) is 0 Å². The standard InChI is InChI=1S/C19H23OP.Li/c1-13-11-15(19(3,4)5)12-14(2)17(13)18(20)21-16-9-7-6-8-10-16;/h6-12,21H,1-5H3;. The van der Waals surface area contributed by atoms with Gasteiger partial charge in [0.25, 0.3) is 0 Å². The van der Waals surface area contributed by atoms with Crippen molar-refractivity contribution in [2.24, 2.45) is 0 Å². The van der Waals surface area contributed by atoms with Crippen molar-refractivity contribution in [2.75, 3.05) is 0 Å². The molecule has 0 N–H and O–H groups in total. The maximum atomic E-state index is 12.6. The van der Waals surface area contributed by atoms with Crippen molar-refractivity contribution in [3.8, 4) is 0 Å². The van der Waals surface area contributed by atoms with Crippen LogP contribution in [0.25, 0.3) is 0 Å². The van der Waals surface area contributed by atoms with Gasteiger partial charge in [-0.05, 0) is 49.8 Å². The first kappa shape index (κ1) is 19.2. The summed E-state index contributed by atoms with van der Waals surface area (Å²) >= 11 is 0. The van der Waals surface area contributed by atoms with E-state index in [0.717, 1.165) is 22.0 Å². The van der Waals surface area contributed by atoms with Crippen molar-refractivity contribution in [3.05, 3.63) is 64.7 Å². The van der Waals surface area contributed by atoms with Crippen molar-refractivity contribution in [1.29, 1.82) is 0 Å². The third-order valence-electron chi connectivity index (χ3n) is 3.66. The number of rotatable bonds is 3. The Morgan fingerprint density at radius 1 is 0.955 bits per heavy atom. The van der Waals surface area contributed by atoms with Crippen LogP contribution in [0.1, 0.15) is 47.8 Å². The van der Waals surface area contributed by atoms with Gasteiger partial charge in [-0.1, -0.05) is 63.2 Å². The first-order chi connectivity index (χ1) is 9.79. The molecule has 2 aromatic rings. The summed E-state index contributed by atoms with van der Waals surface area (Å²) in [6.07, 6.45) is 0. The second-order valence-corrected chi connectivity index (χ2v) is 7.84. The van der Waals surface area contributed by atoms with Gasteiger partial charge in [-0.15, -0.1) is 0 Å². The Morgan fingerprint density at radius 2 is 1.45 bits per heavy atom. The van der Waals surface area contributed by atoms with Crippen LogP contribution in [0.5, 0.6) is 0 Å². The van der Waals surface area contributed by atoms with Crippen LogP contribution in [0.15, 0.2) is 42.5 Å². The van der Waals surface area contributed by atoms with Gasteiger partial charge in [0.05, 0.1) is 0 Å². The number of carbonyl (C=O) groups is 1. The summed E-state index contributed by atoms with van der Waals surface area (Å²) in [5, 5.41) is 1.10. The van der Waals surface area contributed by atoms with Gasteiger partial charge in [-0.3, -0.25) is 4.79 Å². The van der Waals surface area contributed by atoms with Crippen LogP contribution >= 0.6 is 8.58 Å². The Morgan fingerprint density at radius 3 is 1.91 bits per heavy atom. The molecule has 3 heteroatoms. The van der Waals surface area contributed by atoms with Gasteiger partial charge in [0.15, 0.2) is 5.52 Å². The van der Waals surface area contributed by atoms with E-state index >= 15 is 0 Å². The van der Waals surface area contributed by atoms with Gasteiger partial charge >= 0.3 is 0 Å². The first-order valence-electron chi connectivity index (χ1n) is 7.27. The van der Waals surface area contributed by atoms with E-state index in [4.69, 9.17) is 0 Å². The topological polar surface area (TPSA) is 17.1 Å². The largest absolute Gasteiger partial charge is 0.289 e. The molecular formula is C19H23LiOP. The van der Waals surface area contributed by atoms with Gasteiger partial charge in [0.2, 0.25) is 0 Å². The Balaban J connectivity index is 0.00000242. The molecule has 2 aromatic carbocycles. The third-order valence-corrected chi connectivity index (χ3v) is 4.76. The monoisotopic (exact) mass is 305 g/mol. The fourth-order valence-electron chi connectivity index (χ4n) is 2.47. The van der Waals surface area contributed by atoms with E-state index in [-0.39, 0.29) is 38.4 Å². The average Bonchev–Trinajstić information content (AvgIpc) is 2.37. The molecule has 0 heterocycles. The fraction of sp³-hybridized carbons (Fsp3) is 0.316. The van der Waals surface area contributed by atoms with Crippen LogP contribution in [-0.4, -0.2) is 24.4 Å². The number of hydrogen-bond donors (Lipinski definition) is 0. The van der Waals surface area contributed by atoms with Gasteiger partial charge in [0, 0.05) is 24.4 Å². The number of aryl methyl sites for hydroxylation is 2. The van der Waals surface area contributed by atoms with Crippen molar-refractivity contribution in [3.63, 3.8) is 0 Å². The van der Waals surface area contributed by atoms with E-state index in [1.807, 2.05) is 44.2 Å². The second-order valence-electron chi connectivity index (χ2n) is 6.56. The molecule has 0 fully saturated rings. The van der Waals surface area contributed by atoms with Gasteiger partial charge < -0.3 is 0 Å². The maximum Gasteiger partial charge on any atom is 0.186 e. The Kier molecular flexibility index (Phi) is 6.63. The summed E-state index contributed by atoms with van der Waals surface area (Å²) in [5.41, 5.74) is 4.71. The Labute approximate surface area is 147 Å². The Bertz CT molecular complexity index is 634. The van der Waals surface area contributed by atoms with E-state index in [1.54, 1.807) is 0 Å². The van der Waals surface area contributed by atoms with Gasteiger partial charge in [0.1, 0.15) is 0 Å². The molecule has 0 saturated carbocycles. The number of benzene rings is 2. The maximum absolute atomic E-state index is 12.6. The molecule has 1 nitrogen and oxygen atoms in total. The minimum atomic E-state index is 0. The molecule has 0 bridgehead atoms. The van der Waals surface area contributed by atoms with Crippen LogP contribution < -0.4 is 5.30 Å². The summed E-state index contributed by atoms with van der Waals surface area (Å²) in [4.78, 5) is 12.6. The molecule has 22 heavy (non-hydrogen) atoms. The van der Waals surface area contributed by atoms with Crippen LogP contribution in [0.4, 0.5) is 0 Å². The quantitative estimate of drug-likeness (QED) is 0.608. The van der Waals surface area contributed by atoms with Crippen molar-refractivity contribution >= 4 is 38.3 Å². The predicted molar refractivity (Wildman–Crippen MR) is 99.1 cm³/mol. The summed E-state index contributed by atoms with van der Waals surface area (Å²) in [5.74, 6) is 0. The zero-order chi connectivity index (χ0) is 15.6. The molecule has 2 rings (SSSR count). The summed E-state index contributed by atoms with van der Waals surface area (Å²) in [6, 6.07) is 14.3. The molecule has 0 amide bonds. The van der Waals surface area contributed by atoms with E-state index in [0.29, 0.717) is 0 Å². The number of hydrogen-bond acceptors (Lipinski definition) is 1. The minimum absolute atomic E-state index is 0. The molecule has 0 saturated heterocycles. The van der Waals surface area contributed by atoms with Crippen LogP contribution in [0.3, 0.4) is 0 Å². The van der Waals surface area contributed by atoms with E-state index in [2.05, 4.69) is 32.9 Å². The van der Waals surface area contributed by atoms with E-state index in [1.165, 1.54) is 5.56 Å². The van der Waals surface area contributed by atoms with Gasteiger partial charge in [-0.25, -0.2) is 0 Å². The molecule has 1 atom stereocenters. The zero-order valence-electron chi connectivity index (χ0n) is 14.4. The normalized spacial score (nSPS) is 11.5. The number of carbonyl (C=O) groups excluding carboxylic acids is 1. The fourth-order valence-corrected chi connectivity index (χ4v) is 3.61. The minimum Gasteiger partial charge on any atom is -0.289 e. The van der Waals surface area contributed by atoms with E-state index in [9.17, 15) is 4.79 Å². The molecule has 111 valence electrons. The Hall–Kier alpha value is -0.863. The average molecular weight is 305 g/mol. The van der Waals surface area contributed by atoms with Crippen LogP contribution in [0.2, 0.25) is 0 Å². The second kappa shape index (κ2) is 7.61.